The number of rotatable bonds is 5. The first-order valence-corrected chi connectivity index (χ1v) is 4.38. The third-order valence-electron chi connectivity index (χ3n) is 2.20. The van der Waals surface area contributed by atoms with Crippen molar-refractivity contribution in [2.24, 2.45) is 0 Å². The Balaban J connectivity index is 0. The standard InChI is InChI=1S/C7HF13O2.K.H/c8-2(9,1(21)22)3(10,11)4(12,13)5(14,15)6(16,17)7(18,19)20;;/h(H,21,22);;. The second-order valence-corrected chi connectivity index (χ2v) is 3.67. The summed E-state index contributed by atoms with van der Waals surface area (Å²) in [5.41, 5.74) is 0. The zero-order chi connectivity index (χ0) is 18.6. The molecule has 2 nitrogen and oxygen atoms in total. The molecule has 0 rings (SSSR count). The Bertz CT molecular complexity index is 454. The van der Waals surface area contributed by atoms with Gasteiger partial charge in [-0.25, -0.2) is 4.79 Å². The van der Waals surface area contributed by atoms with Crippen LogP contribution in [-0.2, 0) is 4.79 Å². The van der Waals surface area contributed by atoms with Crippen molar-refractivity contribution in [3.05, 3.63) is 0 Å². The van der Waals surface area contributed by atoms with Crippen molar-refractivity contribution >= 4 is 57.4 Å². The van der Waals surface area contributed by atoms with E-state index in [9.17, 15) is 61.9 Å². The van der Waals surface area contributed by atoms with E-state index in [1.54, 1.807) is 0 Å². The van der Waals surface area contributed by atoms with E-state index in [4.69, 9.17) is 5.11 Å². The molecule has 0 aliphatic carbocycles. The van der Waals surface area contributed by atoms with E-state index in [-0.39, 0.29) is 51.4 Å². The molecule has 134 valence electrons. The molecule has 0 aromatic carbocycles. The fraction of sp³-hybridized carbons (Fsp3) is 0.857. The van der Waals surface area contributed by atoms with Gasteiger partial charge in [-0.15, -0.1) is 0 Å². The number of halogens is 13. The second-order valence-electron chi connectivity index (χ2n) is 3.67. The van der Waals surface area contributed by atoms with Gasteiger partial charge in [0.15, 0.2) is 0 Å². The molecule has 0 unspecified atom stereocenters. The monoisotopic (exact) mass is 404 g/mol. The average molecular weight is 404 g/mol. The van der Waals surface area contributed by atoms with E-state index in [2.05, 4.69) is 0 Å². The second kappa shape index (κ2) is 6.49. The minimum atomic E-state index is -8.08. The minimum absolute atomic E-state index is 0. The molecule has 0 spiro atoms. The molecule has 0 heterocycles. The quantitative estimate of drug-likeness (QED) is 0.565. The van der Waals surface area contributed by atoms with Crippen molar-refractivity contribution in [2.75, 3.05) is 0 Å². The van der Waals surface area contributed by atoms with Gasteiger partial charge >= 0.3 is 93.1 Å². The van der Waals surface area contributed by atoms with Crippen LogP contribution >= 0.6 is 0 Å². The predicted molar refractivity (Wildman–Crippen MR) is 45.6 cm³/mol. The number of aliphatic carboxylic acids is 1. The first-order chi connectivity index (χ1) is 9.19. The number of hydrogen-bond donors (Lipinski definition) is 1. The van der Waals surface area contributed by atoms with Crippen LogP contribution in [0.2, 0.25) is 0 Å². The van der Waals surface area contributed by atoms with Crippen LogP contribution in [0.15, 0.2) is 0 Å². The number of hydrogen-bond acceptors (Lipinski definition) is 1. The van der Waals surface area contributed by atoms with Gasteiger partial charge in [0.1, 0.15) is 0 Å². The molecule has 0 aliphatic rings. The van der Waals surface area contributed by atoms with Gasteiger partial charge in [-0.2, -0.15) is 57.1 Å². The van der Waals surface area contributed by atoms with Crippen molar-refractivity contribution in [1.29, 1.82) is 0 Å². The SMILES string of the molecule is O=C(O)C(F)(F)C(F)(F)C(F)(F)C(F)(F)C(F)(F)C(F)(F)F.[KH]. The first kappa shape index (κ1) is 25.4. The molecular formula is C7H2F13KO2. The van der Waals surface area contributed by atoms with Crippen LogP contribution in [0, 0.1) is 0 Å². The summed E-state index contributed by atoms with van der Waals surface area (Å²) in [6.45, 7) is 0. The molecule has 0 fully saturated rings. The van der Waals surface area contributed by atoms with Crippen molar-refractivity contribution in [2.45, 2.75) is 35.8 Å². The van der Waals surface area contributed by atoms with Crippen LogP contribution in [0.3, 0.4) is 0 Å². The van der Waals surface area contributed by atoms with Gasteiger partial charge in [0.2, 0.25) is 0 Å². The van der Waals surface area contributed by atoms with E-state index in [0.717, 1.165) is 0 Å². The molecule has 16 heteroatoms. The van der Waals surface area contributed by atoms with Gasteiger partial charge in [0.05, 0.1) is 0 Å². The van der Waals surface area contributed by atoms with Gasteiger partial charge in [-0.3, -0.25) is 0 Å². The van der Waals surface area contributed by atoms with E-state index in [1.165, 1.54) is 0 Å². The van der Waals surface area contributed by atoms with E-state index in [1.807, 2.05) is 0 Å². The van der Waals surface area contributed by atoms with Crippen molar-refractivity contribution < 1.29 is 67.0 Å². The Labute approximate surface area is 159 Å². The number of carboxylic acid groups (broad SMARTS) is 1. The molecule has 0 saturated heterocycles. The first-order valence-electron chi connectivity index (χ1n) is 4.38. The van der Waals surface area contributed by atoms with Crippen LogP contribution in [0.1, 0.15) is 0 Å². The molecule has 23 heavy (non-hydrogen) atoms. The number of alkyl halides is 13. The Morgan fingerprint density at radius 3 is 1.04 bits per heavy atom. The van der Waals surface area contributed by atoms with Gasteiger partial charge in [-0.1, -0.05) is 0 Å². The molecule has 0 atom stereocenters. The van der Waals surface area contributed by atoms with Crippen molar-refractivity contribution in [3.8, 4) is 0 Å². The number of carboxylic acids is 1. The fourth-order valence-electron chi connectivity index (χ4n) is 0.904. The number of carbonyl (C=O) groups is 1. The van der Waals surface area contributed by atoms with Crippen LogP contribution in [0.25, 0.3) is 0 Å². The topological polar surface area (TPSA) is 37.3 Å². The molecule has 0 amide bonds. The Morgan fingerprint density at radius 1 is 0.565 bits per heavy atom. The van der Waals surface area contributed by atoms with Gasteiger partial charge in [0, 0.05) is 0 Å². The van der Waals surface area contributed by atoms with Crippen molar-refractivity contribution in [3.63, 3.8) is 0 Å². The summed E-state index contributed by atoms with van der Waals surface area (Å²) >= 11 is 0. The molecule has 1 N–H and O–H groups in total. The van der Waals surface area contributed by atoms with Gasteiger partial charge in [0.25, 0.3) is 0 Å². The maximum absolute atomic E-state index is 12.6. The molecule has 0 radical (unpaired) electrons. The summed E-state index contributed by atoms with van der Waals surface area (Å²) in [6, 6.07) is 0. The summed E-state index contributed by atoms with van der Waals surface area (Å²) in [5, 5.41) is 7.55. The maximum atomic E-state index is 12.6. The van der Waals surface area contributed by atoms with Crippen LogP contribution in [0.5, 0.6) is 0 Å². The van der Waals surface area contributed by atoms with Crippen LogP contribution in [-0.4, -0.2) is 98.2 Å². The Morgan fingerprint density at radius 2 is 0.826 bits per heavy atom. The predicted octanol–water partition coefficient (Wildman–Crippen LogP) is 3.16. The van der Waals surface area contributed by atoms with Gasteiger partial charge < -0.3 is 5.11 Å². The van der Waals surface area contributed by atoms with E-state index >= 15 is 0 Å². The summed E-state index contributed by atoms with van der Waals surface area (Å²) in [4.78, 5) is 9.67. The molecular weight excluding hydrogens is 402 g/mol. The molecule has 0 aromatic heterocycles. The molecule has 0 aliphatic heterocycles. The molecule has 0 bridgehead atoms. The van der Waals surface area contributed by atoms with Crippen LogP contribution < -0.4 is 0 Å². The Kier molecular flexibility index (Phi) is 7.18. The zero-order valence-electron chi connectivity index (χ0n) is 9.27. The third kappa shape index (κ3) is 3.45. The molecule has 0 saturated carbocycles. The van der Waals surface area contributed by atoms with E-state index in [0.29, 0.717) is 0 Å². The summed E-state index contributed by atoms with van der Waals surface area (Å²) in [5.74, 6) is -43.0. The van der Waals surface area contributed by atoms with E-state index < -0.39 is 41.8 Å². The Hall–Kier alpha value is 0.196. The zero-order valence-corrected chi connectivity index (χ0v) is 9.27. The summed E-state index contributed by atoms with van der Waals surface area (Å²) < 4.78 is 159. The third-order valence-corrected chi connectivity index (χ3v) is 2.20. The van der Waals surface area contributed by atoms with Gasteiger partial charge in [-0.05, 0) is 0 Å². The fourth-order valence-corrected chi connectivity index (χ4v) is 0.904. The van der Waals surface area contributed by atoms with Crippen LogP contribution in [0.4, 0.5) is 57.1 Å². The molecule has 0 aromatic rings. The average Bonchev–Trinajstić information content (AvgIpc) is 2.25. The summed E-state index contributed by atoms with van der Waals surface area (Å²) in [7, 11) is 0. The summed E-state index contributed by atoms with van der Waals surface area (Å²) in [6.07, 6.45) is -7.52. The normalized spacial score (nSPS) is 15.2. The van der Waals surface area contributed by atoms with Crippen molar-refractivity contribution in [1.82, 2.24) is 0 Å².